The lowest BCUT2D eigenvalue weighted by molar-refractivity contribution is 0.0957. The van der Waals surface area contributed by atoms with E-state index in [0.717, 1.165) is 22.9 Å². The molecule has 0 spiro atoms. The van der Waals surface area contributed by atoms with E-state index in [1.165, 1.54) is 11.3 Å². The number of carbonyl (C=O) groups excluding carboxylic acids is 1. The van der Waals surface area contributed by atoms with Crippen molar-refractivity contribution in [2.45, 2.75) is 19.8 Å². The summed E-state index contributed by atoms with van der Waals surface area (Å²) in [6, 6.07) is 7.80. The second kappa shape index (κ2) is 5.52. The van der Waals surface area contributed by atoms with Crippen LogP contribution in [0.4, 0.5) is 0 Å². The Morgan fingerprint density at radius 1 is 1.41 bits per heavy atom. The number of fused-ring (bicyclic) bond motifs is 1. The summed E-state index contributed by atoms with van der Waals surface area (Å²) in [5.74, 6) is -0.0651. The maximum atomic E-state index is 11.9. The van der Waals surface area contributed by atoms with Gasteiger partial charge in [0.15, 0.2) is 0 Å². The van der Waals surface area contributed by atoms with Gasteiger partial charge in [0.1, 0.15) is 4.88 Å². The Balaban J connectivity index is 2.23. The molecular formula is C13H14ClNOS. The van der Waals surface area contributed by atoms with Gasteiger partial charge in [0.25, 0.3) is 5.91 Å². The third-order valence-corrected chi connectivity index (χ3v) is 4.23. The molecule has 0 aliphatic rings. The average Bonchev–Trinajstić information content (AvgIpc) is 2.68. The number of amides is 1. The monoisotopic (exact) mass is 267 g/mol. The number of unbranched alkanes of at least 4 members (excludes halogenated alkanes) is 1. The Labute approximate surface area is 110 Å². The van der Waals surface area contributed by atoms with Gasteiger partial charge in [-0.25, -0.2) is 0 Å². The molecule has 1 aromatic heterocycles. The molecule has 0 aliphatic heterocycles. The van der Waals surface area contributed by atoms with E-state index in [9.17, 15) is 4.79 Å². The number of hydrogen-bond donors (Lipinski definition) is 1. The molecule has 2 aromatic rings. The van der Waals surface area contributed by atoms with Crippen molar-refractivity contribution in [2.24, 2.45) is 0 Å². The largest absolute Gasteiger partial charge is 0.351 e. The van der Waals surface area contributed by atoms with E-state index in [1.807, 2.05) is 24.3 Å². The van der Waals surface area contributed by atoms with Crippen LogP contribution in [0.3, 0.4) is 0 Å². The highest BCUT2D eigenvalue weighted by Crippen LogP contribution is 2.34. The van der Waals surface area contributed by atoms with Gasteiger partial charge in [-0.2, -0.15) is 0 Å². The molecule has 2 rings (SSSR count). The van der Waals surface area contributed by atoms with Gasteiger partial charge in [-0.05, 0) is 12.5 Å². The van der Waals surface area contributed by atoms with E-state index in [-0.39, 0.29) is 5.91 Å². The Hall–Kier alpha value is -1.06. The quantitative estimate of drug-likeness (QED) is 0.831. The average molecular weight is 268 g/mol. The number of halogens is 1. The third-order valence-electron chi connectivity index (χ3n) is 2.56. The van der Waals surface area contributed by atoms with E-state index in [0.29, 0.717) is 16.4 Å². The molecule has 0 saturated heterocycles. The van der Waals surface area contributed by atoms with E-state index in [2.05, 4.69) is 12.2 Å². The molecule has 1 aromatic carbocycles. The number of nitrogens with one attached hydrogen (secondary N) is 1. The second-order valence-electron chi connectivity index (χ2n) is 3.85. The number of rotatable bonds is 4. The van der Waals surface area contributed by atoms with Crippen molar-refractivity contribution in [1.82, 2.24) is 5.32 Å². The number of hydrogen-bond acceptors (Lipinski definition) is 2. The fourth-order valence-electron chi connectivity index (χ4n) is 1.62. The molecule has 90 valence electrons. The minimum Gasteiger partial charge on any atom is -0.351 e. The van der Waals surface area contributed by atoms with Gasteiger partial charge in [-0.15, -0.1) is 11.3 Å². The molecule has 17 heavy (non-hydrogen) atoms. The van der Waals surface area contributed by atoms with Crippen LogP contribution in [0.15, 0.2) is 24.3 Å². The van der Waals surface area contributed by atoms with Crippen molar-refractivity contribution in [3.8, 4) is 0 Å². The lowest BCUT2D eigenvalue weighted by Crippen LogP contribution is -2.23. The molecule has 1 heterocycles. The van der Waals surface area contributed by atoms with Gasteiger partial charge in [0, 0.05) is 16.6 Å². The second-order valence-corrected chi connectivity index (χ2v) is 5.28. The molecule has 0 aliphatic carbocycles. The Morgan fingerprint density at radius 3 is 2.88 bits per heavy atom. The first-order chi connectivity index (χ1) is 8.24. The van der Waals surface area contributed by atoms with Gasteiger partial charge in [0.05, 0.1) is 5.02 Å². The molecule has 2 nitrogen and oxygen atoms in total. The predicted molar refractivity (Wildman–Crippen MR) is 74.1 cm³/mol. The molecule has 0 unspecified atom stereocenters. The Kier molecular flexibility index (Phi) is 4.02. The summed E-state index contributed by atoms with van der Waals surface area (Å²) >= 11 is 7.66. The summed E-state index contributed by atoms with van der Waals surface area (Å²) in [6.45, 7) is 2.80. The van der Waals surface area contributed by atoms with E-state index >= 15 is 0 Å². The first-order valence-corrected chi connectivity index (χ1v) is 6.88. The van der Waals surface area contributed by atoms with Gasteiger partial charge in [0.2, 0.25) is 0 Å². The summed E-state index contributed by atoms with van der Waals surface area (Å²) in [6.07, 6.45) is 2.06. The maximum Gasteiger partial charge on any atom is 0.262 e. The first-order valence-electron chi connectivity index (χ1n) is 5.69. The first kappa shape index (κ1) is 12.4. The van der Waals surface area contributed by atoms with Crippen LogP contribution in [-0.4, -0.2) is 12.5 Å². The van der Waals surface area contributed by atoms with Crippen molar-refractivity contribution < 1.29 is 4.79 Å². The molecule has 0 radical (unpaired) electrons. The molecule has 0 atom stereocenters. The topological polar surface area (TPSA) is 29.1 Å². The summed E-state index contributed by atoms with van der Waals surface area (Å²) in [5.41, 5.74) is 0. The highest BCUT2D eigenvalue weighted by Gasteiger charge is 2.15. The summed E-state index contributed by atoms with van der Waals surface area (Å²) < 4.78 is 1.05. The molecule has 0 bridgehead atoms. The molecule has 0 saturated carbocycles. The molecule has 0 fully saturated rings. The fourth-order valence-corrected chi connectivity index (χ4v) is 3.05. The molecule has 1 N–H and O–H groups in total. The van der Waals surface area contributed by atoms with Gasteiger partial charge >= 0.3 is 0 Å². The SMILES string of the molecule is CCCCNC(=O)c1sc2ccccc2c1Cl. The maximum absolute atomic E-state index is 11.9. The van der Waals surface area contributed by atoms with Crippen LogP contribution in [0, 0.1) is 0 Å². The lowest BCUT2D eigenvalue weighted by atomic mass is 10.2. The molecule has 1 amide bonds. The van der Waals surface area contributed by atoms with Crippen LogP contribution in [0.5, 0.6) is 0 Å². The van der Waals surface area contributed by atoms with Gasteiger partial charge < -0.3 is 5.32 Å². The summed E-state index contributed by atoms with van der Waals surface area (Å²) in [7, 11) is 0. The predicted octanol–water partition coefficient (Wildman–Crippen LogP) is 4.08. The zero-order valence-corrected chi connectivity index (χ0v) is 11.2. The van der Waals surface area contributed by atoms with E-state index in [4.69, 9.17) is 11.6 Å². The highest BCUT2D eigenvalue weighted by atomic mass is 35.5. The molecule has 4 heteroatoms. The Morgan fingerprint density at radius 2 is 2.18 bits per heavy atom. The van der Waals surface area contributed by atoms with Crippen molar-refractivity contribution in [2.75, 3.05) is 6.54 Å². The smallest absolute Gasteiger partial charge is 0.262 e. The molecular weight excluding hydrogens is 254 g/mol. The van der Waals surface area contributed by atoms with Crippen LogP contribution < -0.4 is 5.32 Å². The fraction of sp³-hybridized carbons (Fsp3) is 0.308. The lowest BCUT2D eigenvalue weighted by Gasteiger charge is -2.01. The van der Waals surface area contributed by atoms with Crippen molar-refractivity contribution in [3.05, 3.63) is 34.2 Å². The minimum atomic E-state index is -0.0651. The van der Waals surface area contributed by atoms with E-state index in [1.54, 1.807) is 0 Å². The van der Waals surface area contributed by atoms with Crippen LogP contribution in [0.25, 0.3) is 10.1 Å². The number of thiophene rings is 1. The van der Waals surface area contributed by atoms with Crippen molar-refractivity contribution in [3.63, 3.8) is 0 Å². The summed E-state index contributed by atoms with van der Waals surface area (Å²) in [5, 5.41) is 4.42. The summed E-state index contributed by atoms with van der Waals surface area (Å²) in [4.78, 5) is 12.5. The Bertz CT molecular complexity index is 535. The third kappa shape index (κ3) is 2.61. The van der Waals surface area contributed by atoms with Crippen molar-refractivity contribution >= 4 is 38.9 Å². The number of benzene rings is 1. The minimum absolute atomic E-state index is 0.0651. The standard InChI is InChI=1S/C13H14ClNOS/c1-2-3-8-15-13(16)12-11(14)9-6-4-5-7-10(9)17-12/h4-7H,2-3,8H2,1H3,(H,15,16). The van der Waals surface area contributed by atoms with Crippen LogP contribution >= 0.6 is 22.9 Å². The van der Waals surface area contributed by atoms with Crippen LogP contribution in [0.1, 0.15) is 29.4 Å². The zero-order chi connectivity index (χ0) is 12.3. The van der Waals surface area contributed by atoms with Gasteiger partial charge in [-0.1, -0.05) is 43.1 Å². The van der Waals surface area contributed by atoms with E-state index < -0.39 is 0 Å². The van der Waals surface area contributed by atoms with Crippen LogP contribution in [-0.2, 0) is 0 Å². The zero-order valence-electron chi connectivity index (χ0n) is 9.63. The highest BCUT2D eigenvalue weighted by molar-refractivity contribution is 7.21. The van der Waals surface area contributed by atoms with Crippen LogP contribution in [0.2, 0.25) is 5.02 Å². The normalized spacial score (nSPS) is 10.7. The number of carbonyl (C=O) groups is 1. The van der Waals surface area contributed by atoms with Crippen molar-refractivity contribution in [1.29, 1.82) is 0 Å². The van der Waals surface area contributed by atoms with Gasteiger partial charge in [-0.3, -0.25) is 4.79 Å².